The molecule has 0 amide bonds. The first-order chi connectivity index (χ1) is 14.8. The first-order valence-corrected chi connectivity index (χ1v) is 10.8. The van der Waals surface area contributed by atoms with E-state index in [1.807, 2.05) is 30.3 Å². The van der Waals surface area contributed by atoms with Crippen LogP contribution in [0, 0.1) is 0 Å². The summed E-state index contributed by atoms with van der Waals surface area (Å²) in [5.41, 5.74) is 0.918. The Kier molecular flexibility index (Phi) is 6.94. The van der Waals surface area contributed by atoms with Crippen molar-refractivity contribution in [1.82, 2.24) is 3.97 Å². The number of nitrogens with zero attached hydrogens (tertiary/aromatic N) is 1. The summed E-state index contributed by atoms with van der Waals surface area (Å²) in [6.07, 6.45) is 3.73. The molecule has 0 spiro atoms. The molecule has 0 atom stereocenters. The highest BCUT2D eigenvalue weighted by Gasteiger charge is 2.24. The van der Waals surface area contributed by atoms with Crippen LogP contribution in [0.4, 0.5) is 0 Å². The number of esters is 2. The van der Waals surface area contributed by atoms with Crippen LogP contribution in [-0.4, -0.2) is 31.4 Å². The van der Waals surface area contributed by atoms with Crippen LogP contribution >= 0.6 is 11.6 Å². The second-order valence-electron chi connectivity index (χ2n) is 6.33. The lowest BCUT2D eigenvalue weighted by Gasteiger charge is -2.09. The second kappa shape index (κ2) is 9.63. The first kappa shape index (κ1) is 22.3. The minimum Gasteiger partial charge on any atom is -0.464 e. The molecular weight excluding hydrogens is 442 g/mol. The third kappa shape index (κ3) is 5.42. The molecule has 0 radical (unpaired) electrons. The van der Waals surface area contributed by atoms with Crippen molar-refractivity contribution in [2.45, 2.75) is 11.5 Å². The zero-order chi connectivity index (χ0) is 22.4. The number of hydrogen-bond acceptors (Lipinski definition) is 6. The van der Waals surface area contributed by atoms with E-state index < -0.39 is 22.0 Å². The normalized spacial score (nSPS) is 11.4. The maximum atomic E-state index is 13.0. The van der Waals surface area contributed by atoms with Gasteiger partial charge in [-0.05, 0) is 47.5 Å². The summed E-state index contributed by atoms with van der Waals surface area (Å²) in [5, 5.41) is 0.372. The molecule has 0 N–H and O–H groups in total. The van der Waals surface area contributed by atoms with Gasteiger partial charge in [-0.2, -0.15) is 0 Å². The minimum atomic E-state index is -4.10. The lowest BCUT2D eigenvalue weighted by molar-refractivity contribution is -0.138. The number of carbonyl (C=O) groups is 2. The van der Waals surface area contributed by atoms with Crippen LogP contribution in [0.2, 0.25) is 5.02 Å². The lowest BCUT2D eigenvalue weighted by atomic mass is 10.2. The van der Waals surface area contributed by atoms with Crippen molar-refractivity contribution in [3.8, 4) is 0 Å². The van der Waals surface area contributed by atoms with Crippen molar-refractivity contribution in [2.75, 3.05) is 7.11 Å². The molecule has 3 rings (SSSR count). The summed E-state index contributed by atoms with van der Waals surface area (Å²) in [4.78, 5) is 24.1. The molecule has 1 heterocycles. The molecule has 1 aromatic heterocycles. The predicted octanol–water partition coefficient (Wildman–Crippen LogP) is 3.92. The van der Waals surface area contributed by atoms with E-state index in [4.69, 9.17) is 21.1 Å². The van der Waals surface area contributed by atoms with E-state index in [0.29, 0.717) is 10.6 Å². The average Bonchev–Trinajstić information content (AvgIpc) is 3.22. The van der Waals surface area contributed by atoms with Crippen molar-refractivity contribution in [2.24, 2.45) is 0 Å². The number of ether oxygens (including phenoxy) is 2. The van der Waals surface area contributed by atoms with Crippen molar-refractivity contribution in [1.29, 1.82) is 0 Å². The molecule has 0 aliphatic rings. The van der Waals surface area contributed by atoms with Crippen LogP contribution < -0.4 is 0 Å². The standard InChI is InChI=1S/C22H18ClNO6S/c1-29-22(26)20-13-17(7-12-21(25)30-15-16-5-3-2-4-6-16)14-24(20)31(27,28)19-10-8-18(23)9-11-19/h2-14H,15H2,1H3/b12-7+. The largest absolute Gasteiger partial charge is 0.464 e. The predicted molar refractivity (Wildman–Crippen MR) is 115 cm³/mol. The van der Waals surface area contributed by atoms with E-state index >= 15 is 0 Å². The van der Waals surface area contributed by atoms with E-state index in [1.54, 1.807) is 0 Å². The SMILES string of the molecule is COC(=O)c1cc(/C=C/C(=O)OCc2ccccc2)cn1S(=O)(=O)c1ccc(Cl)cc1. The summed E-state index contributed by atoms with van der Waals surface area (Å²) >= 11 is 5.82. The quantitative estimate of drug-likeness (QED) is 0.393. The van der Waals surface area contributed by atoms with Gasteiger partial charge in [0, 0.05) is 17.3 Å². The Morgan fingerprint density at radius 1 is 1.06 bits per heavy atom. The highest BCUT2D eigenvalue weighted by Crippen LogP contribution is 2.22. The lowest BCUT2D eigenvalue weighted by Crippen LogP contribution is -2.18. The number of carbonyl (C=O) groups excluding carboxylic acids is 2. The minimum absolute atomic E-state index is 0.0598. The van der Waals surface area contributed by atoms with E-state index in [9.17, 15) is 18.0 Å². The van der Waals surface area contributed by atoms with E-state index in [2.05, 4.69) is 0 Å². The molecule has 0 aliphatic carbocycles. The van der Waals surface area contributed by atoms with Gasteiger partial charge >= 0.3 is 11.9 Å². The molecule has 0 saturated heterocycles. The van der Waals surface area contributed by atoms with E-state index in [-0.39, 0.29) is 17.2 Å². The summed E-state index contributed by atoms with van der Waals surface area (Å²) in [5.74, 6) is -1.46. The van der Waals surface area contributed by atoms with Gasteiger partial charge in [0.1, 0.15) is 12.3 Å². The maximum absolute atomic E-state index is 13.0. The van der Waals surface area contributed by atoms with E-state index in [0.717, 1.165) is 22.7 Å². The zero-order valence-corrected chi connectivity index (χ0v) is 18.0. The van der Waals surface area contributed by atoms with Gasteiger partial charge in [0.05, 0.1) is 12.0 Å². The van der Waals surface area contributed by atoms with Crippen LogP contribution in [-0.2, 0) is 30.9 Å². The molecule has 0 saturated carbocycles. The molecule has 0 fully saturated rings. The number of benzene rings is 2. The molecule has 7 nitrogen and oxygen atoms in total. The van der Waals surface area contributed by atoms with Crippen molar-refractivity contribution >= 4 is 39.6 Å². The van der Waals surface area contributed by atoms with Gasteiger partial charge in [0.15, 0.2) is 0 Å². The Bertz CT molecular complexity index is 1210. The molecule has 160 valence electrons. The fourth-order valence-corrected chi connectivity index (χ4v) is 4.15. The fourth-order valence-electron chi connectivity index (χ4n) is 2.67. The van der Waals surface area contributed by atoms with Crippen LogP contribution in [0.1, 0.15) is 21.6 Å². The summed E-state index contributed by atoms with van der Waals surface area (Å²) in [6, 6.07) is 16.0. The van der Waals surface area contributed by atoms with Gasteiger partial charge in [-0.3, -0.25) is 0 Å². The number of halogens is 1. The van der Waals surface area contributed by atoms with Crippen molar-refractivity contribution < 1.29 is 27.5 Å². The topological polar surface area (TPSA) is 91.7 Å². The molecule has 0 bridgehead atoms. The van der Waals surface area contributed by atoms with E-state index in [1.165, 1.54) is 42.6 Å². The van der Waals surface area contributed by atoms with Gasteiger partial charge in [-0.15, -0.1) is 0 Å². The third-order valence-corrected chi connectivity index (χ3v) is 6.15. The number of methoxy groups -OCH3 is 1. The zero-order valence-electron chi connectivity index (χ0n) is 16.4. The number of rotatable bonds is 7. The van der Waals surface area contributed by atoms with Crippen LogP contribution in [0.15, 0.2) is 77.8 Å². The summed E-state index contributed by atoms with van der Waals surface area (Å²) in [6.45, 7) is 0.101. The maximum Gasteiger partial charge on any atom is 0.355 e. The first-order valence-electron chi connectivity index (χ1n) is 9.02. The van der Waals surface area contributed by atoms with Crippen LogP contribution in [0.25, 0.3) is 6.08 Å². The molecule has 0 aliphatic heterocycles. The average molecular weight is 460 g/mol. The van der Waals surface area contributed by atoms with Crippen LogP contribution in [0.3, 0.4) is 0 Å². The monoisotopic (exact) mass is 459 g/mol. The van der Waals surface area contributed by atoms with Crippen LogP contribution in [0.5, 0.6) is 0 Å². The number of hydrogen-bond donors (Lipinski definition) is 0. The van der Waals surface area contributed by atoms with Gasteiger partial charge in [0.25, 0.3) is 10.0 Å². The smallest absolute Gasteiger partial charge is 0.355 e. The highest BCUT2D eigenvalue weighted by molar-refractivity contribution is 7.90. The number of aromatic nitrogens is 1. The summed E-state index contributed by atoms with van der Waals surface area (Å²) < 4.78 is 36.6. The van der Waals surface area contributed by atoms with Gasteiger partial charge < -0.3 is 9.47 Å². The Hall–Kier alpha value is -3.36. The molecule has 0 unspecified atom stereocenters. The Labute approximate surface area is 184 Å². The van der Waals surface area contributed by atoms with Crippen molar-refractivity contribution in [3.05, 3.63) is 94.8 Å². The van der Waals surface area contributed by atoms with Gasteiger partial charge in [0.2, 0.25) is 0 Å². The Morgan fingerprint density at radius 2 is 1.74 bits per heavy atom. The van der Waals surface area contributed by atoms with Gasteiger partial charge in [-0.25, -0.2) is 22.0 Å². The molecular formula is C22H18ClNO6S. The second-order valence-corrected chi connectivity index (χ2v) is 8.58. The van der Waals surface area contributed by atoms with Crippen molar-refractivity contribution in [3.63, 3.8) is 0 Å². The van der Waals surface area contributed by atoms with Gasteiger partial charge in [-0.1, -0.05) is 41.9 Å². The fraction of sp³-hybridized carbons (Fsp3) is 0.0909. The molecule has 9 heteroatoms. The highest BCUT2D eigenvalue weighted by atomic mass is 35.5. The third-order valence-electron chi connectivity index (χ3n) is 4.21. The molecule has 2 aromatic carbocycles. The Morgan fingerprint density at radius 3 is 2.39 bits per heavy atom. The molecule has 3 aromatic rings. The Balaban J connectivity index is 1.84. The summed E-state index contributed by atoms with van der Waals surface area (Å²) in [7, 11) is -2.95. The molecule has 31 heavy (non-hydrogen) atoms.